The molecule has 1 saturated heterocycles. The summed E-state index contributed by atoms with van der Waals surface area (Å²) in [5, 5.41) is 6.16. The van der Waals surface area contributed by atoms with Crippen LogP contribution in [0.1, 0.15) is 6.42 Å². The van der Waals surface area contributed by atoms with Crippen molar-refractivity contribution < 1.29 is 17.2 Å². The van der Waals surface area contributed by atoms with E-state index >= 15 is 0 Å². The van der Waals surface area contributed by atoms with Gasteiger partial charge < -0.3 is 10.6 Å². The molecule has 0 saturated carbocycles. The Hall–Kier alpha value is -1.21. The molecule has 7 heteroatoms. The molecular weight excluding hydrogens is 274 g/mol. The van der Waals surface area contributed by atoms with Crippen molar-refractivity contribution >= 4 is 15.5 Å². The summed E-state index contributed by atoms with van der Waals surface area (Å²) in [6.07, 6.45) is 0.997. The van der Waals surface area contributed by atoms with E-state index in [1.165, 1.54) is 18.2 Å². The molecule has 2 rings (SSSR count). The van der Waals surface area contributed by atoms with Crippen LogP contribution in [0.15, 0.2) is 29.2 Å². The third kappa shape index (κ3) is 3.22. The fourth-order valence-electron chi connectivity index (χ4n) is 2.10. The van der Waals surface area contributed by atoms with E-state index in [0.717, 1.165) is 19.5 Å². The fraction of sp³-hybridized carbons (Fsp3) is 0.500. The molecule has 0 bridgehead atoms. The van der Waals surface area contributed by atoms with Crippen LogP contribution in [0.3, 0.4) is 0 Å². The van der Waals surface area contributed by atoms with Gasteiger partial charge in [0.1, 0.15) is 0 Å². The summed E-state index contributed by atoms with van der Waals surface area (Å²) in [5.41, 5.74) is 0.245. The van der Waals surface area contributed by atoms with E-state index in [-0.39, 0.29) is 10.6 Å². The molecule has 1 atom stereocenters. The second kappa shape index (κ2) is 5.83. The van der Waals surface area contributed by atoms with Gasteiger partial charge in [-0.25, -0.2) is 8.42 Å². The zero-order valence-electron chi connectivity index (χ0n) is 10.3. The average Bonchev–Trinajstić information content (AvgIpc) is 2.89. The molecule has 0 spiro atoms. The second-order valence-corrected chi connectivity index (χ2v) is 6.43. The Morgan fingerprint density at radius 2 is 2.11 bits per heavy atom. The monoisotopic (exact) mass is 290 g/mol. The van der Waals surface area contributed by atoms with Gasteiger partial charge in [-0.2, -0.15) is 8.78 Å². The van der Waals surface area contributed by atoms with E-state index in [4.69, 9.17) is 0 Å². The van der Waals surface area contributed by atoms with Crippen molar-refractivity contribution in [3.8, 4) is 0 Å². The zero-order chi connectivity index (χ0) is 13.9. The average molecular weight is 290 g/mol. The summed E-state index contributed by atoms with van der Waals surface area (Å²) < 4.78 is 48.3. The summed E-state index contributed by atoms with van der Waals surface area (Å²) in [6, 6.07) is 5.78. The first kappa shape index (κ1) is 14.2. The van der Waals surface area contributed by atoms with Gasteiger partial charge in [0.25, 0.3) is 0 Å². The first-order valence-electron chi connectivity index (χ1n) is 6.07. The van der Waals surface area contributed by atoms with Gasteiger partial charge in [0.2, 0.25) is 9.84 Å². The number of para-hydroxylation sites is 1. The van der Waals surface area contributed by atoms with Crippen LogP contribution < -0.4 is 10.6 Å². The second-order valence-electron chi connectivity index (χ2n) is 4.54. The molecule has 0 radical (unpaired) electrons. The van der Waals surface area contributed by atoms with Crippen molar-refractivity contribution in [2.24, 2.45) is 5.92 Å². The van der Waals surface area contributed by atoms with Crippen molar-refractivity contribution in [1.29, 1.82) is 0 Å². The van der Waals surface area contributed by atoms with Gasteiger partial charge in [0.15, 0.2) is 0 Å². The number of nitrogens with one attached hydrogen (secondary N) is 2. The van der Waals surface area contributed by atoms with Gasteiger partial charge in [-0.05, 0) is 37.6 Å². The molecule has 1 heterocycles. The van der Waals surface area contributed by atoms with Crippen LogP contribution in [0.4, 0.5) is 14.5 Å². The highest BCUT2D eigenvalue weighted by Crippen LogP contribution is 2.26. The number of halogens is 2. The van der Waals surface area contributed by atoms with Crippen LogP contribution in [0, 0.1) is 5.92 Å². The molecule has 1 aliphatic rings. The minimum Gasteiger partial charge on any atom is -0.384 e. The van der Waals surface area contributed by atoms with Gasteiger partial charge in [-0.15, -0.1) is 0 Å². The number of rotatable bonds is 5. The highest BCUT2D eigenvalue weighted by atomic mass is 32.2. The molecule has 1 aromatic rings. The minimum absolute atomic E-state index is 0.245. The molecule has 4 nitrogen and oxygen atoms in total. The predicted molar refractivity (Wildman–Crippen MR) is 69.1 cm³/mol. The summed E-state index contributed by atoms with van der Waals surface area (Å²) in [5.74, 6) is -3.01. The number of anilines is 1. The number of hydrogen-bond donors (Lipinski definition) is 2. The van der Waals surface area contributed by atoms with E-state index in [0.29, 0.717) is 12.5 Å². The molecule has 1 aromatic carbocycles. The Balaban J connectivity index is 2.16. The molecule has 1 aliphatic heterocycles. The fourth-order valence-corrected chi connectivity index (χ4v) is 3.01. The largest absolute Gasteiger partial charge is 0.384 e. The SMILES string of the molecule is O=S(=O)(c1ccccc1NCC1CCNC1)C(F)F. The molecule has 0 aromatic heterocycles. The van der Waals surface area contributed by atoms with Crippen molar-refractivity contribution in [2.45, 2.75) is 17.1 Å². The maximum absolute atomic E-state index is 12.6. The van der Waals surface area contributed by atoms with E-state index in [2.05, 4.69) is 10.6 Å². The third-order valence-corrected chi connectivity index (χ3v) is 4.61. The van der Waals surface area contributed by atoms with Gasteiger partial charge in [0, 0.05) is 6.54 Å². The molecule has 0 amide bonds. The molecule has 1 fully saturated rings. The van der Waals surface area contributed by atoms with Crippen molar-refractivity contribution in [3.63, 3.8) is 0 Å². The number of hydrogen-bond acceptors (Lipinski definition) is 4. The standard InChI is InChI=1S/C12H16F2N2O2S/c13-12(14)19(17,18)11-4-2-1-3-10(11)16-8-9-5-6-15-7-9/h1-4,9,12,15-16H,5-8H2. The van der Waals surface area contributed by atoms with Crippen LogP contribution in [-0.2, 0) is 9.84 Å². The van der Waals surface area contributed by atoms with Crippen LogP contribution in [0.25, 0.3) is 0 Å². The number of benzene rings is 1. The van der Waals surface area contributed by atoms with Gasteiger partial charge in [-0.3, -0.25) is 0 Å². The Bertz CT molecular complexity index is 528. The first-order chi connectivity index (χ1) is 9.01. The predicted octanol–water partition coefficient (Wildman–Crippen LogP) is 1.70. The molecule has 2 N–H and O–H groups in total. The highest BCUT2D eigenvalue weighted by molar-refractivity contribution is 7.91. The van der Waals surface area contributed by atoms with E-state index in [1.807, 2.05) is 0 Å². The quantitative estimate of drug-likeness (QED) is 0.866. The van der Waals surface area contributed by atoms with Gasteiger partial charge in [-0.1, -0.05) is 12.1 Å². The summed E-state index contributed by atoms with van der Waals surface area (Å²) in [6.45, 7) is 2.36. The van der Waals surface area contributed by atoms with Gasteiger partial charge in [0.05, 0.1) is 10.6 Å². The Labute approximate surface area is 111 Å². The Morgan fingerprint density at radius 1 is 1.37 bits per heavy atom. The maximum atomic E-state index is 12.6. The molecule has 106 valence electrons. The van der Waals surface area contributed by atoms with E-state index in [9.17, 15) is 17.2 Å². The van der Waals surface area contributed by atoms with Crippen LogP contribution in [-0.4, -0.2) is 33.8 Å². The molecule has 19 heavy (non-hydrogen) atoms. The first-order valence-corrected chi connectivity index (χ1v) is 7.62. The van der Waals surface area contributed by atoms with Crippen LogP contribution in [0.2, 0.25) is 0 Å². The van der Waals surface area contributed by atoms with Crippen molar-refractivity contribution in [2.75, 3.05) is 25.0 Å². The van der Waals surface area contributed by atoms with E-state index in [1.54, 1.807) is 6.07 Å². The Morgan fingerprint density at radius 3 is 2.74 bits per heavy atom. The summed E-state index contributed by atoms with van der Waals surface area (Å²) in [4.78, 5) is -0.337. The van der Waals surface area contributed by atoms with E-state index < -0.39 is 15.6 Å². The van der Waals surface area contributed by atoms with Crippen LogP contribution in [0.5, 0.6) is 0 Å². The lowest BCUT2D eigenvalue weighted by atomic mass is 10.1. The summed E-state index contributed by atoms with van der Waals surface area (Å²) >= 11 is 0. The maximum Gasteiger partial charge on any atom is 0.341 e. The normalized spacial score (nSPS) is 19.8. The number of sulfone groups is 1. The Kier molecular flexibility index (Phi) is 4.36. The van der Waals surface area contributed by atoms with Crippen molar-refractivity contribution in [3.05, 3.63) is 24.3 Å². The topological polar surface area (TPSA) is 58.2 Å². The van der Waals surface area contributed by atoms with Gasteiger partial charge >= 0.3 is 5.76 Å². The lowest BCUT2D eigenvalue weighted by Crippen LogP contribution is -2.19. The lowest BCUT2D eigenvalue weighted by molar-refractivity contribution is 0.235. The molecule has 1 unspecified atom stereocenters. The molecular formula is C12H16F2N2O2S. The molecule has 0 aliphatic carbocycles. The van der Waals surface area contributed by atoms with Crippen LogP contribution >= 0.6 is 0 Å². The summed E-state index contributed by atoms with van der Waals surface area (Å²) in [7, 11) is -4.56. The lowest BCUT2D eigenvalue weighted by Gasteiger charge is -2.14. The zero-order valence-corrected chi connectivity index (χ0v) is 11.1. The minimum atomic E-state index is -4.56. The van der Waals surface area contributed by atoms with Crippen molar-refractivity contribution in [1.82, 2.24) is 5.32 Å². The number of alkyl halides is 2. The highest BCUT2D eigenvalue weighted by Gasteiger charge is 2.29. The smallest absolute Gasteiger partial charge is 0.341 e. The third-order valence-electron chi connectivity index (χ3n) is 3.17.